The van der Waals surface area contributed by atoms with Crippen LogP contribution in [0.3, 0.4) is 0 Å². The molecule has 1 amide bonds. The number of halogens is 1. The van der Waals surface area contributed by atoms with Crippen LogP contribution in [0.15, 0.2) is 36.2 Å². The normalized spacial score (nSPS) is 13.2. The van der Waals surface area contributed by atoms with Crippen LogP contribution in [0, 0.1) is 0 Å². The molecule has 2 aromatic heterocycles. The van der Waals surface area contributed by atoms with Crippen molar-refractivity contribution in [1.29, 1.82) is 0 Å². The Hall–Kier alpha value is -4.12. The molecule has 0 unspecified atom stereocenters. The molecule has 1 aromatic carbocycles. The molecule has 0 atom stereocenters. The molecule has 4 rings (SSSR count). The summed E-state index contributed by atoms with van der Waals surface area (Å²) in [4.78, 5) is 39.9. The number of hydrogen-bond donors (Lipinski definition) is 5. The van der Waals surface area contributed by atoms with Gasteiger partial charge in [0, 0.05) is 57.9 Å². The Morgan fingerprint density at radius 1 is 1.00 bits per heavy atom. The predicted octanol–water partition coefficient (Wildman–Crippen LogP) is 2.76. The highest BCUT2D eigenvalue weighted by Crippen LogP contribution is 2.32. The summed E-state index contributed by atoms with van der Waals surface area (Å²) in [5.74, 6) is -0.578. The molecular weight excluding hydrogens is 647 g/mol. The number of ether oxygens (including phenoxy) is 4. The first kappa shape index (κ1) is 40.3. The van der Waals surface area contributed by atoms with Crippen molar-refractivity contribution in [3.63, 3.8) is 0 Å². The van der Waals surface area contributed by atoms with Gasteiger partial charge in [0.25, 0.3) is 5.56 Å². The number of piperazine rings is 1. The maximum atomic E-state index is 14.2. The first-order valence-electron chi connectivity index (χ1n) is 17.1. The predicted molar refractivity (Wildman–Crippen MR) is 197 cm³/mol. The maximum absolute atomic E-state index is 14.2. The fraction of sp³-hybridized carbons (Fsp3) is 0.514. The van der Waals surface area contributed by atoms with Crippen LogP contribution in [0.25, 0.3) is 34.3 Å². The van der Waals surface area contributed by atoms with Crippen LogP contribution in [0.4, 0.5) is 15.8 Å². The van der Waals surface area contributed by atoms with Crippen molar-refractivity contribution in [2.75, 3.05) is 109 Å². The average molecular weight is 701 g/mol. The summed E-state index contributed by atoms with van der Waals surface area (Å²) in [5, 5.41) is 2.96. The SMILES string of the molecule is C=Cc1[nH]c(=O)c(-c2nc3ccc(N4CCN(CCNC(=O)CCOCCOCCOCCOCCN)CC4)cc3[nH]2)c(N)c1C(=C)F.CC. The van der Waals surface area contributed by atoms with Gasteiger partial charge in [0.1, 0.15) is 17.2 Å². The molecule has 0 bridgehead atoms. The second kappa shape index (κ2) is 21.9. The summed E-state index contributed by atoms with van der Waals surface area (Å²) in [6.07, 6.45) is 1.62. The number of hydrogen-bond acceptors (Lipinski definition) is 11. The zero-order chi connectivity index (χ0) is 36.3. The Labute approximate surface area is 293 Å². The molecule has 15 heteroatoms. The van der Waals surface area contributed by atoms with Crippen molar-refractivity contribution in [1.82, 2.24) is 25.2 Å². The minimum absolute atomic E-state index is 0.0101. The third-order valence-electron chi connectivity index (χ3n) is 7.80. The molecule has 14 nitrogen and oxygen atoms in total. The van der Waals surface area contributed by atoms with Gasteiger partial charge in [-0.3, -0.25) is 14.5 Å². The van der Waals surface area contributed by atoms with Crippen LogP contribution in [-0.4, -0.2) is 124 Å². The van der Waals surface area contributed by atoms with Crippen LogP contribution < -0.4 is 27.2 Å². The van der Waals surface area contributed by atoms with Gasteiger partial charge in [-0.15, -0.1) is 0 Å². The van der Waals surface area contributed by atoms with E-state index in [-0.39, 0.29) is 34.2 Å². The van der Waals surface area contributed by atoms with Crippen molar-refractivity contribution in [2.45, 2.75) is 20.3 Å². The van der Waals surface area contributed by atoms with E-state index in [9.17, 15) is 14.0 Å². The van der Waals surface area contributed by atoms with E-state index in [0.29, 0.717) is 77.9 Å². The van der Waals surface area contributed by atoms with Crippen LogP contribution in [0.2, 0.25) is 0 Å². The lowest BCUT2D eigenvalue weighted by Crippen LogP contribution is -2.48. The van der Waals surface area contributed by atoms with Crippen molar-refractivity contribution in [3.05, 3.63) is 53.0 Å². The number of H-pyrrole nitrogens is 2. The number of carbonyl (C=O) groups is 1. The Balaban J connectivity index is 0.00000332. The number of benzene rings is 1. The number of nitrogens with two attached hydrogens (primary N) is 2. The number of nitrogens with one attached hydrogen (secondary N) is 3. The van der Waals surface area contributed by atoms with Gasteiger partial charge < -0.3 is 50.6 Å². The van der Waals surface area contributed by atoms with E-state index in [1.54, 1.807) is 0 Å². The monoisotopic (exact) mass is 700 g/mol. The van der Waals surface area contributed by atoms with E-state index in [4.69, 9.17) is 30.4 Å². The molecule has 0 radical (unpaired) electrons. The number of carbonyl (C=O) groups excluding carboxylic acids is 1. The van der Waals surface area contributed by atoms with Crippen molar-refractivity contribution >= 4 is 40.2 Å². The minimum atomic E-state index is -0.775. The summed E-state index contributed by atoms with van der Waals surface area (Å²) >= 11 is 0. The summed E-state index contributed by atoms with van der Waals surface area (Å²) in [6.45, 7) is 19.8. The Bertz CT molecular complexity index is 1570. The second-order valence-corrected chi connectivity index (χ2v) is 11.1. The molecule has 0 spiro atoms. The highest BCUT2D eigenvalue weighted by molar-refractivity contribution is 5.89. The largest absolute Gasteiger partial charge is 0.397 e. The molecule has 276 valence electrons. The first-order valence-corrected chi connectivity index (χ1v) is 17.1. The van der Waals surface area contributed by atoms with Crippen LogP contribution >= 0.6 is 0 Å². The number of aromatic nitrogens is 3. The van der Waals surface area contributed by atoms with Gasteiger partial charge in [0.05, 0.1) is 80.8 Å². The molecule has 7 N–H and O–H groups in total. The summed E-state index contributed by atoms with van der Waals surface area (Å²) in [5.41, 5.74) is 13.6. The van der Waals surface area contributed by atoms with E-state index in [0.717, 1.165) is 43.9 Å². The number of amides is 1. The maximum Gasteiger partial charge on any atom is 0.261 e. The van der Waals surface area contributed by atoms with Gasteiger partial charge in [0.15, 0.2) is 0 Å². The molecule has 3 aromatic rings. The zero-order valence-corrected chi connectivity index (χ0v) is 29.4. The smallest absolute Gasteiger partial charge is 0.261 e. The fourth-order valence-electron chi connectivity index (χ4n) is 5.31. The molecule has 50 heavy (non-hydrogen) atoms. The Morgan fingerprint density at radius 2 is 1.62 bits per heavy atom. The van der Waals surface area contributed by atoms with Crippen molar-refractivity contribution < 1.29 is 28.1 Å². The molecule has 1 aliphatic rings. The topological polar surface area (TPSA) is 186 Å². The van der Waals surface area contributed by atoms with Gasteiger partial charge in [-0.05, 0) is 24.3 Å². The molecule has 0 aliphatic carbocycles. The summed E-state index contributed by atoms with van der Waals surface area (Å²) in [6, 6.07) is 5.84. The highest BCUT2D eigenvalue weighted by Gasteiger charge is 2.22. The number of rotatable bonds is 21. The van der Waals surface area contributed by atoms with Gasteiger partial charge in [-0.2, -0.15) is 0 Å². The summed E-state index contributed by atoms with van der Waals surface area (Å²) < 4.78 is 35.7. The standard InChI is InChI=1S/C33H47FN8O6.C2H6/c1-3-25-29(23(2)34)31(36)30(33(44)40-25)32-38-26-5-4-24(22-27(26)39-32)42-12-10-41(11-13-42)9-8-37-28(43)6-14-45-16-18-47-20-21-48-19-17-46-15-7-35;1-2/h3-5,22H,1-2,6-21,35H2,(H,37,43)(H,38,39)(H3,36,40,44);1-2H3. The first-order chi connectivity index (χ1) is 24.3. The zero-order valence-electron chi connectivity index (χ0n) is 29.4. The molecule has 1 fully saturated rings. The quantitative estimate of drug-likeness (QED) is 0.103. The highest BCUT2D eigenvalue weighted by atomic mass is 19.1. The molecular formula is C35H53FN8O6. The van der Waals surface area contributed by atoms with Crippen molar-refractivity contribution in [3.8, 4) is 11.4 Å². The molecule has 1 aliphatic heterocycles. The lowest BCUT2D eigenvalue weighted by molar-refractivity contribution is -0.122. The lowest BCUT2D eigenvalue weighted by Gasteiger charge is -2.36. The van der Waals surface area contributed by atoms with Gasteiger partial charge in [-0.25, -0.2) is 9.37 Å². The number of nitrogen functional groups attached to an aromatic ring is 1. The Morgan fingerprint density at radius 3 is 2.22 bits per heavy atom. The van der Waals surface area contributed by atoms with E-state index >= 15 is 0 Å². The molecule has 3 heterocycles. The van der Waals surface area contributed by atoms with Crippen LogP contribution in [0.5, 0.6) is 0 Å². The van der Waals surface area contributed by atoms with E-state index in [2.05, 4.69) is 43.2 Å². The van der Waals surface area contributed by atoms with Gasteiger partial charge >= 0.3 is 0 Å². The average Bonchev–Trinajstić information content (AvgIpc) is 3.53. The number of imidazole rings is 1. The third kappa shape index (κ3) is 12.0. The molecule has 1 saturated heterocycles. The number of fused-ring (bicyclic) bond motifs is 1. The lowest BCUT2D eigenvalue weighted by atomic mass is 10.1. The second-order valence-electron chi connectivity index (χ2n) is 11.1. The Kier molecular flexibility index (Phi) is 17.6. The van der Waals surface area contributed by atoms with Crippen LogP contribution in [-0.2, 0) is 23.7 Å². The number of anilines is 2. The minimum Gasteiger partial charge on any atom is -0.397 e. The number of aromatic amines is 2. The van der Waals surface area contributed by atoms with E-state index in [1.807, 2.05) is 32.0 Å². The van der Waals surface area contributed by atoms with E-state index in [1.165, 1.54) is 6.08 Å². The fourth-order valence-corrected chi connectivity index (χ4v) is 5.31. The third-order valence-corrected chi connectivity index (χ3v) is 7.80. The van der Waals surface area contributed by atoms with Crippen LogP contribution in [0.1, 0.15) is 31.5 Å². The van der Waals surface area contributed by atoms with Gasteiger partial charge in [-0.1, -0.05) is 27.0 Å². The van der Waals surface area contributed by atoms with Gasteiger partial charge in [0.2, 0.25) is 5.91 Å². The van der Waals surface area contributed by atoms with E-state index < -0.39 is 11.4 Å². The van der Waals surface area contributed by atoms with Crippen molar-refractivity contribution in [2.24, 2.45) is 5.73 Å². The summed E-state index contributed by atoms with van der Waals surface area (Å²) in [7, 11) is 0. The number of pyridine rings is 1. The molecule has 0 saturated carbocycles. The number of nitrogens with zero attached hydrogens (tertiary/aromatic N) is 3.